The Morgan fingerprint density at radius 2 is 2.25 bits per heavy atom. The zero-order valence-electron chi connectivity index (χ0n) is 10.6. The first-order valence-corrected chi connectivity index (χ1v) is 6.86. The maximum absolute atomic E-state index is 12.3. The maximum atomic E-state index is 12.3. The van der Waals surface area contributed by atoms with E-state index in [4.69, 9.17) is 0 Å². The third-order valence-electron chi connectivity index (χ3n) is 2.65. The van der Waals surface area contributed by atoms with Crippen molar-refractivity contribution < 1.29 is 13.5 Å². The Labute approximate surface area is 123 Å². The van der Waals surface area contributed by atoms with Gasteiger partial charge in [-0.25, -0.2) is 4.98 Å². The molecule has 1 heterocycles. The van der Waals surface area contributed by atoms with Crippen LogP contribution in [0, 0.1) is 0 Å². The number of aromatic amines is 1. The van der Waals surface area contributed by atoms with Crippen molar-refractivity contribution in [2.45, 2.75) is 19.6 Å². The molecule has 0 radical (unpaired) electrons. The molecule has 7 heteroatoms. The number of imidazole rings is 1. The molecule has 1 aromatic carbocycles. The van der Waals surface area contributed by atoms with Gasteiger partial charge < -0.3 is 15.0 Å². The minimum absolute atomic E-state index is 0.189. The van der Waals surface area contributed by atoms with Gasteiger partial charge in [0.1, 0.15) is 11.6 Å². The number of alkyl halides is 2. The van der Waals surface area contributed by atoms with E-state index in [1.807, 2.05) is 0 Å². The molecule has 2 N–H and O–H groups in total. The third kappa shape index (κ3) is 4.57. The summed E-state index contributed by atoms with van der Waals surface area (Å²) in [5.74, 6) is 1.07. The first kappa shape index (κ1) is 14.9. The largest absolute Gasteiger partial charge is 0.434 e. The van der Waals surface area contributed by atoms with Crippen LogP contribution in [0.1, 0.15) is 11.4 Å². The molecule has 0 saturated heterocycles. The summed E-state index contributed by atoms with van der Waals surface area (Å²) in [5.41, 5.74) is 0.680. The summed E-state index contributed by atoms with van der Waals surface area (Å²) in [4.78, 5) is 7.10. The van der Waals surface area contributed by atoms with Crippen LogP contribution in [0.5, 0.6) is 5.75 Å². The fraction of sp³-hybridized carbons (Fsp3) is 0.308. The molecular formula is C13H14BrF2N3O. The number of H-pyrrole nitrogens is 1. The molecule has 4 nitrogen and oxygen atoms in total. The molecule has 20 heavy (non-hydrogen) atoms. The molecular weight excluding hydrogens is 332 g/mol. The van der Waals surface area contributed by atoms with E-state index in [0.717, 1.165) is 16.7 Å². The van der Waals surface area contributed by atoms with Crippen molar-refractivity contribution in [2.24, 2.45) is 0 Å². The molecule has 0 bridgehead atoms. The number of hydrogen-bond acceptors (Lipinski definition) is 3. The van der Waals surface area contributed by atoms with Crippen molar-refractivity contribution in [3.63, 3.8) is 0 Å². The Kier molecular flexibility index (Phi) is 5.49. The van der Waals surface area contributed by atoms with E-state index in [-0.39, 0.29) is 5.75 Å². The number of hydrogen-bond donors (Lipinski definition) is 2. The predicted molar refractivity (Wildman–Crippen MR) is 74.8 cm³/mol. The van der Waals surface area contributed by atoms with Crippen LogP contribution in [0.4, 0.5) is 8.78 Å². The predicted octanol–water partition coefficient (Wildman–Crippen LogP) is 3.11. The standard InChI is InChI=1S/C13H14BrF2N3O/c14-10-1-2-11(20-13(15)16)9(7-10)8-17-4-3-12-18-5-6-19-12/h1-2,5-7,13,17H,3-4,8H2,(H,18,19). The van der Waals surface area contributed by atoms with Gasteiger partial charge in [-0.3, -0.25) is 0 Å². The molecule has 0 amide bonds. The average Bonchev–Trinajstić information content (AvgIpc) is 2.90. The van der Waals surface area contributed by atoms with Gasteiger partial charge in [-0.05, 0) is 18.2 Å². The molecule has 108 valence electrons. The van der Waals surface area contributed by atoms with Gasteiger partial charge in [-0.15, -0.1) is 0 Å². The normalized spacial score (nSPS) is 11.0. The Balaban J connectivity index is 1.88. The van der Waals surface area contributed by atoms with Crippen LogP contribution in [-0.2, 0) is 13.0 Å². The molecule has 0 aliphatic rings. The number of nitrogens with zero attached hydrogens (tertiary/aromatic N) is 1. The highest BCUT2D eigenvalue weighted by Gasteiger charge is 2.10. The lowest BCUT2D eigenvalue weighted by Gasteiger charge is -2.11. The number of benzene rings is 1. The van der Waals surface area contributed by atoms with Crippen molar-refractivity contribution >= 4 is 15.9 Å². The van der Waals surface area contributed by atoms with Crippen molar-refractivity contribution in [3.05, 3.63) is 46.5 Å². The topological polar surface area (TPSA) is 49.9 Å². The quantitative estimate of drug-likeness (QED) is 0.758. The molecule has 0 aliphatic heterocycles. The second kappa shape index (κ2) is 7.35. The van der Waals surface area contributed by atoms with Crippen molar-refractivity contribution in [1.82, 2.24) is 15.3 Å². The summed E-state index contributed by atoms with van der Waals surface area (Å²) < 4.78 is 29.9. The van der Waals surface area contributed by atoms with E-state index in [1.165, 1.54) is 6.07 Å². The van der Waals surface area contributed by atoms with E-state index >= 15 is 0 Å². The average molecular weight is 346 g/mol. The molecule has 1 aromatic heterocycles. The molecule has 2 rings (SSSR count). The number of halogens is 3. The molecule has 0 atom stereocenters. The lowest BCUT2D eigenvalue weighted by atomic mass is 10.2. The highest BCUT2D eigenvalue weighted by Crippen LogP contribution is 2.24. The molecule has 0 spiro atoms. The van der Waals surface area contributed by atoms with Crippen LogP contribution in [0.3, 0.4) is 0 Å². The summed E-state index contributed by atoms with van der Waals surface area (Å²) in [6, 6.07) is 4.96. The summed E-state index contributed by atoms with van der Waals surface area (Å²) in [7, 11) is 0. The molecule has 0 unspecified atom stereocenters. The van der Waals surface area contributed by atoms with Crippen LogP contribution in [0.25, 0.3) is 0 Å². The van der Waals surface area contributed by atoms with Crippen LogP contribution in [0.2, 0.25) is 0 Å². The van der Waals surface area contributed by atoms with Crippen LogP contribution in [0.15, 0.2) is 35.1 Å². The van der Waals surface area contributed by atoms with Gasteiger partial charge in [0.05, 0.1) is 0 Å². The Hall–Kier alpha value is -1.47. The van der Waals surface area contributed by atoms with Gasteiger partial charge in [0.25, 0.3) is 0 Å². The summed E-state index contributed by atoms with van der Waals surface area (Å²) in [6.45, 7) is -1.69. The first-order chi connectivity index (χ1) is 9.65. The smallest absolute Gasteiger partial charge is 0.387 e. The number of aromatic nitrogens is 2. The number of nitrogens with one attached hydrogen (secondary N) is 2. The van der Waals surface area contributed by atoms with Gasteiger partial charge in [-0.1, -0.05) is 15.9 Å². The maximum Gasteiger partial charge on any atom is 0.387 e. The van der Waals surface area contributed by atoms with E-state index in [2.05, 4.69) is 36.0 Å². The summed E-state index contributed by atoms with van der Waals surface area (Å²) in [6.07, 6.45) is 4.20. The Morgan fingerprint density at radius 3 is 2.95 bits per heavy atom. The molecule has 0 aliphatic carbocycles. The first-order valence-electron chi connectivity index (χ1n) is 6.07. The number of rotatable bonds is 7. The van der Waals surface area contributed by atoms with E-state index in [1.54, 1.807) is 24.5 Å². The fourth-order valence-electron chi connectivity index (χ4n) is 1.76. The fourth-order valence-corrected chi connectivity index (χ4v) is 2.17. The second-order valence-electron chi connectivity index (χ2n) is 4.09. The molecule has 2 aromatic rings. The van der Waals surface area contributed by atoms with Gasteiger partial charge >= 0.3 is 6.61 Å². The highest BCUT2D eigenvalue weighted by molar-refractivity contribution is 9.10. The van der Waals surface area contributed by atoms with E-state index in [0.29, 0.717) is 18.7 Å². The molecule has 0 saturated carbocycles. The number of ether oxygens (including phenoxy) is 1. The molecule has 0 fully saturated rings. The zero-order valence-corrected chi connectivity index (χ0v) is 12.2. The minimum Gasteiger partial charge on any atom is -0.434 e. The van der Waals surface area contributed by atoms with Crippen molar-refractivity contribution in [2.75, 3.05) is 6.54 Å². The SMILES string of the molecule is FC(F)Oc1ccc(Br)cc1CNCCc1ncc[nH]1. The van der Waals surface area contributed by atoms with E-state index in [9.17, 15) is 8.78 Å². The lowest BCUT2D eigenvalue weighted by Crippen LogP contribution is -2.18. The lowest BCUT2D eigenvalue weighted by molar-refractivity contribution is -0.0505. The van der Waals surface area contributed by atoms with Gasteiger partial charge in [0.2, 0.25) is 0 Å². The monoisotopic (exact) mass is 345 g/mol. The van der Waals surface area contributed by atoms with Crippen LogP contribution in [-0.4, -0.2) is 23.1 Å². The van der Waals surface area contributed by atoms with Gasteiger partial charge in [0.15, 0.2) is 0 Å². The van der Waals surface area contributed by atoms with Crippen molar-refractivity contribution in [1.29, 1.82) is 0 Å². The Bertz CT molecular complexity index is 534. The minimum atomic E-state index is -2.82. The highest BCUT2D eigenvalue weighted by atomic mass is 79.9. The Morgan fingerprint density at radius 1 is 1.40 bits per heavy atom. The van der Waals surface area contributed by atoms with Crippen LogP contribution >= 0.6 is 15.9 Å². The van der Waals surface area contributed by atoms with E-state index < -0.39 is 6.61 Å². The third-order valence-corrected chi connectivity index (χ3v) is 3.14. The summed E-state index contributed by atoms with van der Waals surface area (Å²) >= 11 is 3.32. The second-order valence-corrected chi connectivity index (χ2v) is 5.01. The van der Waals surface area contributed by atoms with Gasteiger partial charge in [-0.2, -0.15) is 8.78 Å². The van der Waals surface area contributed by atoms with Crippen LogP contribution < -0.4 is 10.1 Å². The van der Waals surface area contributed by atoms with Gasteiger partial charge in [0, 0.05) is 41.9 Å². The zero-order chi connectivity index (χ0) is 14.4. The van der Waals surface area contributed by atoms with Crippen molar-refractivity contribution in [3.8, 4) is 5.75 Å². The summed E-state index contributed by atoms with van der Waals surface area (Å²) in [5, 5.41) is 3.18.